The number of nitrogens with one attached hydrogen (secondary N) is 1. The summed E-state index contributed by atoms with van der Waals surface area (Å²) < 4.78 is 7.01. The van der Waals surface area contributed by atoms with Gasteiger partial charge < -0.3 is 15.0 Å². The Balaban J connectivity index is 1.70. The monoisotopic (exact) mass is 412 g/mol. The molecule has 8 heteroatoms. The molecule has 0 atom stereocenters. The molecule has 4 rings (SSSR count). The second-order valence-electron chi connectivity index (χ2n) is 7.62. The van der Waals surface area contributed by atoms with Gasteiger partial charge in [0.05, 0.1) is 12.1 Å². The molecule has 154 valence electrons. The lowest BCUT2D eigenvalue weighted by molar-refractivity contribution is 0.201. The van der Waals surface area contributed by atoms with Crippen LogP contribution in [0.3, 0.4) is 0 Å². The number of thiocarbonyl (C=S) groups is 1. The van der Waals surface area contributed by atoms with E-state index in [-0.39, 0.29) is 0 Å². The third-order valence-electron chi connectivity index (χ3n) is 5.76. The first-order valence-corrected chi connectivity index (χ1v) is 10.8. The number of pyridine rings is 1. The van der Waals surface area contributed by atoms with Crippen molar-refractivity contribution in [2.75, 3.05) is 20.3 Å². The van der Waals surface area contributed by atoms with E-state index in [2.05, 4.69) is 56.9 Å². The van der Waals surface area contributed by atoms with Gasteiger partial charge in [0.15, 0.2) is 10.8 Å². The normalized spacial score (nSPS) is 14.7. The van der Waals surface area contributed by atoms with Gasteiger partial charge in [0.2, 0.25) is 0 Å². The van der Waals surface area contributed by atoms with Crippen LogP contribution in [0.25, 0.3) is 16.6 Å². The first kappa shape index (κ1) is 20.0. The van der Waals surface area contributed by atoms with Crippen LogP contribution in [-0.4, -0.2) is 56.4 Å². The molecule has 2 heterocycles. The van der Waals surface area contributed by atoms with Crippen LogP contribution in [0.5, 0.6) is 0 Å². The van der Waals surface area contributed by atoms with Crippen molar-refractivity contribution in [2.24, 2.45) is 0 Å². The van der Waals surface area contributed by atoms with Gasteiger partial charge in [-0.2, -0.15) is 4.52 Å². The molecule has 0 unspecified atom stereocenters. The number of fused-ring (bicyclic) bond motifs is 3. The van der Waals surface area contributed by atoms with Crippen molar-refractivity contribution in [3.63, 3.8) is 0 Å². The van der Waals surface area contributed by atoms with E-state index in [1.807, 2.05) is 4.52 Å². The number of hydrogen-bond donors (Lipinski definition) is 1. The maximum absolute atomic E-state index is 5.76. The van der Waals surface area contributed by atoms with Crippen molar-refractivity contribution in [3.05, 3.63) is 35.4 Å². The van der Waals surface area contributed by atoms with Crippen LogP contribution in [0.4, 0.5) is 0 Å². The fourth-order valence-electron chi connectivity index (χ4n) is 4.18. The molecule has 2 aromatic heterocycles. The highest BCUT2D eigenvalue weighted by Crippen LogP contribution is 2.27. The first-order valence-electron chi connectivity index (χ1n) is 10.4. The smallest absolute Gasteiger partial charge is 0.184 e. The van der Waals surface area contributed by atoms with Gasteiger partial charge in [-0.3, -0.25) is 0 Å². The van der Waals surface area contributed by atoms with Gasteiger partial charge in [0.25, 0.3) is 0 Å². The number of benzene rings is 1. The predicted octanol–water partition coefficient (Wildman–Crippen LogP) is 3.11. The second kappa shape index (κ2) is 9.00. The Bertz CT molecular complexity index is 997. The van der Waals surface area contributed by atoms with E-state index in [9.17, 15) is 0 Å². The largest absolute Gasteiger partial charge is 0.383 e. The van der Waals surface area contributed by atoms with Gasteiger partial charge in [-0.1, -0.05) is 25.8 Å². The zero-order valence-corrected chi connectivity index (χ0v) is 17.9. The Kier molecular flexibility index (Phi) is 6.20. The molecular weight excluding hydrogens is 384 g/mol. The van der Waals surface area contributed by atoms with E-state index in [1.54, 1.807) is 7.11 Å². The highest BCUT2D eigenvalue weighted by Gasteiger charge is 2.26. The fraction of sp³-hybridized carbons (Fsp3) is 0.524. The van der Waals surface area contributed by atoms with Crippen LogP contribution >= 0.6 is 12.2 Å². The van der Waals surface area contributed by atoms with E-state index in [1.165, 1.54) is 31.2 Å². The maximum atomic E-state index is 5.76. The zero-order valence-electron chi connectivity index (χ0n) is 17.1. The quantitative estimate of drug-likeness (QED) is 0.472. The summed E-state index contributed by atoms with van der Waals surface area (Å²) in [6, 6.07) is 9.15. The fourth-order valence-corrected chi connectivity index (χ4v) is 4.49. The molecule has 0 radical (unpaired) electrons. The number of tetrazole rings is 1. The summed E-state index contributed by atoms with van der Waals surface area (Å²) in [5.74, 6) is 0. The molecule has 1 N–H and O–H groups in total. The highest BCUT2D eigenvalue weighted by molar-refractivity contribution is 7.80. The minimum Gasteiger partial charge on any atom is -0.383 e. The Morgan fingerprint density at radius 1 is 1.31 bits per heavy atom. The predicted molar refractivity (Wildman–Crippen MR) is 118 cm³/mol. The first-order chi connectivity index (χ1) is 14.2. The lowest BCUT2D eigenvalue weighted by Crippen LogP contribution is -2.45. The van der Waals surface area contributed by atoms with E-state index in [0.29, 0.717) is 25.7 Å². The summed E-state index contributed by atoms with van der Waals surface area (Å²) in [5, 5.41) is 17.8. The number of ether oxygens (including phenoxy) is 1. The van der Waals surface area contributed by atoms with Crippen LogP contribution in [0.2, 0.25) is 0 Å². The van der Waals surface area contributed by atoms with Crippen molar-refractivity contribution in [3.8, 4) is 0 Å². The number of rotatable bonds is 7. The molecule has 0 amide bonds. The Hall–Kier alpha value is -2.32. The highest BCUT2D eigenvalue weighted by atomic mass is 32.1. The molecule has 0 saturated heterocycles. The van der Waals surface area contributed by atoms with E-state index in [0.717, 1.165) is 33.6 Å². The number of aryl methyl sites for hydroxylation is 1. The standard InChI is InChI=1S/C21H28N6OS/c1-3-15-8-9-19-16(12-15)13-17(20-23-24-25-27(19)20)14-26(18-6-4-5-7-18)21(29)22-10-11-28-2/h8-9,12-13,18H,3-7,10-11,14H2,1-2H3,(H,22,29). The Labute approximate surface area is 176 Å². The summed E-state index contributed by atoms with van der Waals surface area (Å²) >= 11 is 5.76. The van der Waals surface area contributed by atoms with Gasteiger partial charge in [-0.15, -0.1) is 5.10 Å². The molecule has 29 heavy (non-hydrogen) atoms. The molecule has 1 aliphatic carbocycles. The lowest BCUT2D eigenvalue weighted by atomic mass is 10.1. The molecular formula is C21H28N6OS. The van der Waals surface area contributed by atoms with E-state index < -0.39 is 0 Å². The molecule has 1 aliphatic rings. The molecule has 1 saturated carbocycles. The third kappa shape index (κ3) is 4.18. The van der Waals surface area contributed by atoms with Crippen LogP contribution in [0.1, 0.15) is 43.7 Å². The zero-order chi connectivity index (χ0) is 20.2. The van der Waals surface area contributed by atoms with Crippen LogP contribution in [-0.2, 0) is 17.7 Å². The van der Waals surface area contributed by atoms with Gasteiger partial charge in [-0.05, 0) is 65.7 Å². The summed E-state index contributed by atoms with van der Waals surface area (Å²) in [4.78, 5) is 2.32. The average Bonchev–Trinajstić information content (AvgIpc) is 3.43. The van der Waals surface area contributed by atoms with Crippen molar-refractivity contribution in [1.29, 1.82) is 0 Å². The van der Waals surface area contributed by atoms with Gasteiger partial charge in [-0.25, -0.2) is 0 Å². The molecule has 3 aromatic rings. The number of nitrogens with zero attached hydrogens (tertiary/aromatic N) is 5. The number of hydrogen-bond acceptors (Lipinski definition) is 5. The summed E-state index contributed by atoms with van der Waals surface area (Å²) in [6.45, 7) is 4.20. The molecule has 1 aromatic carbocycles. The molecule has 0 aliphatic heterocycles. The number of methoxy groups -OCH3 is 1. The number of aromatic nitrogens is 4. The molecule has 7 nitrogen and oxygen atoms in total. The summed E-state index contributed by atoms with van der Waals surface area (Å²) in [6.07, 6.45) is 5.84. The molecule has 0 spiro atoms. The average molecular weight is 413 g/mol. The van der Waals surface area contributed by atoms with Crippen molar-refractivity contribution in [1.82, 2.24) is 30.3 Å². The Morgan fingerprint density at radius 2 is 2.14 bits per heavy atom. The van der Waals surface area contributed by atoms with Crippen molar-refractivity contribution in [2.45, 2.75) is 51.6 Å². The van der Waals surface area contributed by atoms with Crippen molar-refractivity contribution >= 4 is 33.9 Å². The van der Waals surface area contributed by atoms with Gasteiger partial charge in [0.1, 0.15) is 0 Å². The van der Waals surface area contributed by atoms with Crippen LogP contribution < -0.4 is 5.32 Å². The summed E-state index contributed by atoms with van der Waals surface area (Å²) in [7, 11) is 1.70. The minimum absolute atomic E-state index is 0.450. The van der Waals surface area contributed by atoms with E-state index in [4.69, 9.17) is 17.0 Å². The maximum Gasteiger partial charge on any atom is 0.184 e. The molecule has 1 fully saturated rings. The van der Waals surface area contributed by atoms with Gasteiger partial charge >= 0.3 is 0 Å². The van der Waals surface area contributed by atoms with Crippen LogP contribution in [0.15, 0.2) is 24.3 Å². The minimum atomic E-state index is 0.450. The second-order valence-corrected chi connectivity index (χ2v) is 8.01. The summed E-state index contributed by atoms with van der Waals surface area (Å²) in [5.41, 5.74) is 4.22. The van der Waals surface area contributed by atoms with Crippen molar-refractivity contribution < 1.29 is 4.74 Å². The molecule has 0 bridgehead atoms. The van der Waals surface area contributed by atoms with Gasteiger partial charge in [0, 0.05) is 37.2 Å². The van der Waals surface area contributed by atoms with Crippen LogP contribution in [0, 0.1) is 0 Å². The Morgan fingerprint density at radius 3 is 2.90 bits per heavy atom. The topological polar surface area (TPSA) is 67.6 Å². The lowest BCUT2D eigenvalue weighted by Gasteiger charge is -2.32. The third-order valence-corrected chi connectivity index (χ3v) is 6.14. The SMILES string of the molecule is CCc1ccc2c(c1)cc(CN(C(=S)NCCOC)C1CCCC1)c1nnnn12. The van der Waals surface area contributed by atoms with E-state index >= 15 is 0 Å².